The number of rotatable bonds is 6. The van der Waals surface area contributed by atoms with Gasteiger partial charge in [-0.2, -0.15) is 4.40 Å². The molecular weight excluding hydrogens is 230 g/mol. The number of allylic oxidation sites excluding steroid dienone is 2. The van der Waals surface area contributed by atoms with Crippen molar-refractivity contribution >= 4 is 17.2 Å². The van der Waals surface area contributed by atoms with Gasteiger partial charge >= 0.3 is 0 Å². The Kier molecular flexibility index (Phi) is 7.60. The fourth-order valence-electron chi connectivity index (χ4n) is 1.22. The van der Waals surface area contributed by atoms with E-state index < -0.39 is 11.0 Å². The lowest BCUT2D eigenvalue weighted by Crippen LogP contribution is -2.19. The Morgan fingerprint density at radius 1 is 1.35 bits per heavy atom. The molecule has 2 nitrogen and oxygen atoms in total. The van der Waals surface area contributed by atoms with Crippen LogP contribution in [0.2, 0.25) is 0 Å². The Hall–Kier alpha value is -0.440. The highest BCUT2D eigenvalue weighted by molar-refractivity contribution is 7.85. The van der Waals surface area contributed by atoms with Crippen LogP contribution in [0.5, 0.6) is 0 Å². The van der Waals surface area contributed by atoms with E-state index >= 15 is 0 Å². The first-order valence-corrected chi connectivity index (χ1v) is 7.42. The summed E-state index contributed by atoms with van der Waals surface area (Å²) < 4.78 is 15.5. The van der Waals surface area contributed by atoms with E-state index in [4.69, 9.17) is 0 Å². The Morgan fingerprint density at radius 2 is 1.94 bits per heavy atom. The normalized spacial score (nSPS) is 15.9. The summed E-state index contributed by atoms with van der Waals surface area (Å²) in [7, 11) is -1.11. The maximum atomic E-state index is 11.7. The van der Waals surface area contributed by atoms with E-state index in [-0.39, 0.29) is 4.75 Å². The van der Waals surface area contributed by atoms with Crippen LogP contribution < -0.4 is 0 Å². The molecule has 0 aromatic carbocycles. The average Bonchev–Trinajstić information content (AvgIpc) is 2.15. The Balaban J connectivity index is 3.92. The number of nitrogens with zero attached hydrogens (tertiary/aromatic N) is 1. The van der Waals surface area contributed by atoms with E-state index in [0.29, 0.717) is 5.92 Å². The van der Waals surface area contributed by atoms with Gasteiger partial charge in [-0.25, -0.2) is 4.21 Å². The summed E-state index contributed by atoms with van der Waals surface area (Å²) in [5.74, 6) is 0.603. The SMILES string of the molecule is CC(C)=CCC[C@@H](C)C/C=N/[S@](=O)C(C)(C)C. The van der Waals surface area contributed by atoms with Crippen molar-refractivity contribution in [3.63, 3.8) is 0 Å². The van der Waals surface area contributed by atoms with Crippen molar-refractivity contribution in [2.45, 2.75) is 65.6 Å². The van der Waals surface area contributed by atoms with Gasteiger partial charge in [-0.1, -0.05) is 18.6 Å². The van der Waals surface area contributed by atoms with E-state index in [2.05, 4.69) is 31.2 Å². The first-order chi connectivity index (χ1) is 7.73. The number of hydrogen-bond acceptors (Lipinski definition) is 1. The Morgan fingerprint density at radius 3 is 2.41 bits per heavy atom. The lowest BCUT2D eigenvalue weighted by molar-refractivity contribution is 0.563. The molecule has 0 heterocycles. The first-order valence-electron chi connectivity index (χ1n) is 6.31. The minimum absolute atomic E-state index is 0.248. The van der Waals surface area contributed by atoms with Gasteiger partial charge in [-0.05, 0) is 59.8 Å². The zero-order chi connectivity index (χ0) is 13.5. The predicted molar refractivity (Wildman–Crippen MR) is 78.8 cm³/mol. The van der Waals surface area contributed by atoms with Crippen molar-refractivity contribution in [2.24, 2.45) is 10.3 Å². The van der Waals surface area contributed by atoms with Gasteiger partial charge in [0.1, 0.15) is 11.0 Å². The summed E-state index contributed by atoms with van der Waals surface area (Å²) >= 11 is 0. The predicted octanol–water partition coefficient (Wildman–Crippen LogP) is 4.29. The third-order valence-electron chi connectivity index (χ3n) is 2.41. The largest absolute Gasteiger partial charge is 0.234 e. The standard InChI is InChI=1S/C14H27NOS/c1-12(2)8-7-9-13(3)10-11-15-17(16)14(4,5)6/h8,11,13H,7,9-10H2,1-6H3/b15-11+/t13-,17-/m1/s1. The molecule has 17 heavy (non-hydrogen) atoms. The van der Waals surface area contributed by atoms with Crippen molar-refractivity contribution in [1.29, 1.82) is 0 Å². The van der Waals surface area contributed by atoms with E-state index in [1.54, 1.807) is 0 Å². The summed E-state index contributed by atoms with van der Waals surface area (Å²) in [6.07, 6.45) is 7.30. The van der Waals surface area contributed by atoms with Crippen LogP contribution in [0.4, 0.5) is 0 Å². The minimum atomic E-state index is -1.11. The quantitative estimate of drug-likeness (QED) is 0.515. The van der Waals surface area contributed by atoms with Gasteiger partial charge in [0, 0.05) is 6.21 Å². The minimum Gasteiger partial charge on any atom is -0.234 e. The zero-order valence-electron chi connectivity index (χ0n) is 12.1. The molecule has 0 aromatic heterocycles. The molecule has 0 N–H and O–H groups in total. The van der Waals surface area contributed by atoms with E-state index in [1.807, 2.05) is 27.0 Å². The fraction of sp³-hybridized carbons (Fsp3) is 0.786. The lowest BCUT2D eigenvalue weighted by atomic mass is 10.0. The van der Waals surface area contributed by atoms with Crippen LogP contribution in [-0.2, 0) is 11.0 Å². The van der Waals surface area contributed by atoms with Crippen LogP contribution in [0.3, 0.4) is 0 Å². The van der Waals surface area contributed by atoms with Crippen molar-refractivity contribution < 1.29 is 4.21 Å². The molecule has 100 valence electrons. The third kappa shape index (κ3) is 9.28. The molecule has 0 fully saturated rings. The Bertz CT molecular complexity index is 296. The molecular formula is C14H27NOS. The molecule has 0 amide bonds. The molecule has 0 unspecified atom stereocenters. The fourth-order valence-corrected chi connectivity index (χ4v) is 1.76. The maximum absolute atomic E-state index is 11.7. The highest BCUT2D eigenvalue weighted by Gasteiger charge is 2.17. The van der Waals surface area contributed by atoms with Gasteiger partial charge in [0.25, 0.3) is 0 Å². The monoisotopic (exact) mass is 257 g/mol. The maximum Gasteiger partial charge on any atom is 0.144 e. The zero-order valence-corrected chi connectivity index (χ0v) is 12.9. The van der Waals surface area contributed by atoms with Crippen LogP contribution in [0.25, 0.3) is 0 Å². The van der Waals surface area contributed by atoms with Crippen LogP contribution in [0.15, 0.2) is 16.0 Å². The highest BCUT2D eigenvalue weighted by atomic mass is 32.2. The highest BCUT2D eigenvalue weighted by Crippen LogP contribution is 2.13. The van der Waals surface area contributed by atoms with E-state index in [0.717, 1.165) is 12.8 Å². The third-order valence-corrected chi connectivity index (χ3v) is 3.80. The molecule has 0 aliphatic rings. The van der Waals surface area contributed by atoms with E-state index in [9.17, 15) is 4.21 Å². The lowest BCUT2D eigenvalue weighted by Gasteiger charge is -2.13. The summed E-state index contributed by atoms with van der Waals surface area (Å²) in [5, 5.41) is 0. The van der Waals surface area contributed by atoms with E-state index in [1.165, 1.54) is 12.0 Å². The second kappa shape index (κ2) is 7.80. The molecule has 0 saturated heterocycles. The molecule has 0 rings (SSSR count). The van der Waals surface area contributed by atoms with Crippen molar-refractivity contribution in [3.05, 3.63) is 11.6 Å². The second-order valence-corrected chi connectivity index (χ2v) is 7.78. The van der Waals surface area contributed by atoms with Gasteiger partial charge in [-0.3, -0.25) is 0 Å². The van der Waals surface area contributed by atoms with Gasteiger partial charge in [0.05, 0.1) is 4.75 Å². The summed E-state index contributed by atoms with van der Waals surface area (Å²) in [5.41, 5.74) is 1.37. The molecule has 0 aliphatic heterocycles. The van der Waals surface area contributed by atoms with Gasteiger partial charge in [0.15, 0.2) is 0 Å². The smallest absolute Gasteiger partial charge is 0.144 e. The van der Waals surface area contributed by atoms with Crippen LogP contribution in [-0.4, -0.2) is 15.2 Å². The van der Waals surface area contributed by atoms with Crippen LogP contribution in [0, 0.1) is 5.92 Å². The molecule has 0 aliphatic carbocycles. The molecule has 0 saturated carbocycles. The summed E-state index contributed by atoms with van der Waals surface area (Å²) in [6.45, 7) is 12.3. The van der Waals surface area contributed by atoms with Crippen molar-refractivity contribution in [2.75, 3.05) is 0 Å². The Labute approximate surface area is 109 Å². The molecule has 0 aromatic rings. The van der Waals surface area contributed by atoms with Crippen molar-refractivity contribution in [3.8, 4) is 0 Å². The van der Waals surface area contributed by atoms with Gasteiger partial charge in [0.2, 0.25) is 0 Å². The van der Waals surface area contributed by atoms with Gasteiger partial charge in [-0.15, -0.1) is 0 Å². The molecule has 2 atom stereocenters. The van der Waals surface area contributed by atoms with Crippen molar-refractivity contribution in [1.82, 2.24) is 0 Å². The molecule has 3 heteroatoms. The molecule has 0 bridgehead atoms. The molecule has 0 spiro atoms. The first kappa shape index (κ1) is 16.6. The van der Waals surface area contributed by atoms with Gasteiger partial charge < -0.3 is 0 Å². The van der Waals surface area contributed by atoms with Crippen LogP contribution in [0.1, 0.15) is 60.8 Å². The average molecular weight is 257 g/mol. The topological polar surface area (TPSA) is 29.4 Å². The number of hydrogen-bond donors (Lipinski definition) is 0. The summed E-state index contributed by atoms with van der Waals surface area (Å²) in [6, 6.07) is 0. The summed E-state index contributed by atoms with van der Waals surface area (Å²) in [4.78, 5) is 0. The second-order valence-electron chi connectivity index (χ2n) is 5.85. The van der Waals surface area contributed by atoms with Crippen LogP contribution >= 0.6 is 0 Å². The molecule has 0 radical (unpaired) electrons.